The van der Waals surface area contributed by atoms with Gasteiger partial charge in [0.05, 0.1) is 6.54 Å². The van der Waals surface area contributed by atoms with Gasteiger partial charge in [-0.05, 0) is 31.3 Å². The molecule has 2 N–H and O–H groups in total. The van der Waals surface area contributed by atoms with Gasteiger partial charge < -0.3 is 15.4 Å². The molecular formula is C17H28N2O3. The van der Waals surface area contributed by atoms with Crippen LogP contribution in [0.3, 0.4) is 0 Å². The molecule has 0 spiro atoms. The van der Waals surface area contributed by atoms with Gasteiger partial charge in [-0.25, -0.2) is 4.79 Å². The van der Waals surface area contributed by atoms with Crippen molar-refractivity contribution in [3.63, 3.8) is 0 Å². The highest BCUT2D eigenvalue weighted by Crippen LogP contribution is 2.33. The Morgan fingerprint density at radius 1 is 1.32 bits per heavy atom. The number of primary amides is 1. The molecule has 1 aliphatic heterocycles. The maximum atomic E-state index is 12.3. The number of likely N-dealkylation sites (tertiary alicyclic amines) is 1. The summed E-state index contributed by atoms with van der Waals surface area (Å²) in [6.45, 7) is 11.6. The van der Waals surface area contributed by atoms with Crippen LogP contribution in [0, 0.1) is 5.41 Å². The second kappa shape index (κ2) is 7.47. The topological polar surface area (TPSA) is 72.6 Å². The number of allylic oxidation sites excluding steroid dienone is 3. The molecule has 22 heavy (non-hydrogen) atoms. The molecule has 0 aliphatic carbocycles. The van der Waals surface area contributed by atoms with Crippen molar-refractivity contribution in [2.75, 3.05) is 13.1 Å². The van der Waals surface area contributed by atoms with Crippen LogP contribution in [0.15, 0.2) is 23.3 Å². The van der Waals surface area contributed by atoms with Crippen LogP contribution in [-0.2, 0) is 9.53 Å². The third-order valence-corrected chi connectivity index (χ3v) is 4.28. The van der Waals surface area contributed by atoms with E-state index in [1.54, 1.807) is 11.0 Å². The van der Waals surface area contributed by atoms with Crippen LogP contribution < -0.4 is 5.73 Å². The predicted molar refractivity (Wildman–Crippen MR) is 87.2 cm³/mol. The van der Waals surface area contributed by atoms with Crippen LogP contribution >= 0.6 is 0 Å². The van der Waals surface area contributed by atoms with E-state index in [0.717, 1.165) is 6.42 Å². The second-order valence-electron chi connectivity index (χ2n) is 6.62. The van der Waals surface area contributed by atoms with Crippen molar-refractivity contribution in [1.29, 1.82) is 0 Å². The van der Waals surface area contributed by atoms with E-state index in [4.69, 9.17) is 10.5 Å². The van der Waals surface area contributed by atoms with Crippen LogP contribution in [-0.4, -0.2) is 36.1 Å². The van der Waals surface area contributed by atoms with Gasteiger partial charge in [-0.1, -0.05) is 32.4 Å². The van der Waals surface area contributed by atoms with E-state index in [1.807, 2.05) is 6.08 Å². The summed E-state index contributed by atoms with van der Waals surface area (Å²) in [6.07, 6.45) is 4.11. The third kappa shape index (κ3) is 4.90. The number of nitrogens with two attached hydrogens (primary N) is 1. The Morgan fingerprint density at radius 3 is 2.45 bits per heavy atom. The van der Waals surface area contributed by atoms with E-state index in [2.05, 4.69) is 34.6 Å². The zero-order valence-electron chi connectivity index (χ0n) is 14.3. The van der Waals surface area contributed by atoms with Gasteiger partial charge in [-0.2, -0.15) is 0 Å². The smallest absolute Gasteiger partial charge is 0.404 e. The molecule has 0 unspecified atom stereocenters. The summed E-state index contributed by atoms with van der Waals surface area (Å²) in [7, 11) is 0. The van der Waals surface area contributed by atoms with Crippen molar-refractivity contribution in [2.45, 2.75) is 53.6 Å². The lowest BCUT2D eigenvalue weighted by atomic mass is 9.79. The van der Waals surface area contributed by atoms with Crippen molar-refractivity contribution < 1.29 is 14.3 Å². The first kappa shape index (κ1) is 18.3. The first-order chi connectivity index (χ1) is 10.2. The molecule has 1 saturated heterocycles. The number of rotatable bonds is 5. The molecule has 0 aromatic rings. The Kier molecular flexibility index (Phi) is 6.21. The van der Waals surface area contributed by atoms with E-state index >= 15 is 0 Å². The average molecular weight is 308 g/mol. The van der Waals surface area contributed by atoms with Gasteiger partial charge in [0.15, 0.2) is 0 Å². The first-order valence-corrected chi connectivity index (χ1v) is 7.78. The van der Waals surface area contributed by atoms with Crippen molar-refractivity contribution in [3.8, 4) is 0 Å². The molecule has 124 valence electrons. The first-order valence-electron chi connectivity index (χ1n) is 7.78. The molecule has 5 heteroatoms. The summed E-state index contributed by atoms with van der Waals surface area (Å²) < 4.78 is 4.94. The van der Waals surface area contributed by atoms with E-state index in [1.165, 1.54) is 11.1 Å². The summed E-state index contributed by atoms with van der Waals surface area (Å²) in [6, 6.07) is 0. The molecule has 0 saturated carbocycles. The highest BCUT2D eigenvalue weighted by molar-refractivity contribution is 5.88. The largest absolute Gasteiger partial charge is 0.444 e. The lowest BCUT2D eigenvalue weighted by Crippen LogP contribution is -2.30. The van der Waals surface area contributed by atoms with Crippen LogP contribution in [0.1, 0.15) is 47.5 Å². The summed E-state index contributed by atoms with van der Waals surface area (Å²) in [5.74, 6) is -0.0544. The van der Waals surface area contributed by atoms with Gasteiger partial charge in [0, 0.05) is 19.0 Å². The van der Waals surface area contributed by atoms with Gasteiger partial charge in [0.1, 0.15) is 6.10 Å². The highest BCUT2D eigenvalue weighted by Gasteiger charge is 2.27. The van der Waals surface area contributed by atoms with Crippen molar-refractivity contribution in [3.05, 3.63) is 23.3 Å². The third-order valence-electron chi connectivity index (χ3n) is 4.28. The van der Waals surface area contributed by atoms with Gasteiger partial charge in [0.2, 0.25) is 5.91 Å². The quantitative estimate of drug-likeness (QED) is 0.627. The summed E-state index contributed by atoms with van der Waals surface area (Å²) in [5, 5.41) is 0. The van der Waals surface area contributed by atoms with Gasteiger partial charge >= 0.3 is 6.09 Å². The molecule has 2 amide bonds. The second-order valence-corrected chi connectivity index (χ2v) is 6.62. The number of hydrogen-bond acceptors (Lipinski definition) is 3. The fourth-order valence-corrected chi connectivity index (χ4v) is 2.71. The van der Waals surface area contributed by atoms with E-state index in [9.17, 15) is 9.59 Å². The minimum absolute atomic E-state index is 0.0399. The summed E-state index contributed by atoms with van der Waals surface area (Å²) in [5.41, 5.74) is 7.45. The lowest BCUT2D eigenvalue weighted by Gasteiger charge is -2.26. The molecule has 5 nitrogen and oxygen atoms in total. The maximum absolute atomic E-state index is 12.3. The monoisotopic (exact) mass is 308 g/mol. The number of carbonyl (C=O) groups is 2. The molecule has 0 aromatic carbocycles. The van der Waals surface area contributed by atoms with E-state index < -0.39 is 6.09 Å². The number of ether oxygens (including phenoxy) is 1. The lowest BCUT2D eigenvalue weighted by molar-refractivity contribution is -0.125. The SMILES string of the molecule is CCC(C)(C)C(/C=C/C(=O)N1CC[C@@H](OC(N)=O)C1)=C(C)C. The Labute approximate surface area is 133 Å². The fourth-order valence-electron chi connectivity index (χ4n) is 2.71. The van der Waals surface area contributed by atoms with Crippen molar-refractivity contribution in [2.24, 2.45) is 11.1 Å². The van der Waals surface area contributed by atoms with Gasteiger partial charge in [-0.15, -0.1) is 0 Å². The molecule has 0 bridgehead atoms. The Bertz CT molecular complexity index is 488. The van der Waals surface area contributed by atoms with Crippen LogP contribution in [0.4, 0.5) is 4.79 Å². The Morgan fingerprint density at radius 2 is 1.95 bits per heavy atom. The number of nitrogens with zero attached hydrogens (tertiary/aromatic N) is 1. The Hall–Kier alpha value is -1.78. The molecule has 0 radical (unpaired) electrons. The van der Waals surface area contributed by atoms with E-state index in [0.29, 0.717) is 19.5 Å². The predicted octanol–water partition coefficient (Wildman–Crippen LogP) is 3.01. The highest BCUT2D eigenvalue weighted by atomic mass is 16.6. The fraction of sp³-hybridized carbons (Fsp3) is 0.647. The standard InChI is InChI=1S/C17H28N2O3/c1-6-17(4,5)14(12(2)3)7-8-15(20)19-10-9-13(11-19)22-16(18)21/h7-8,13H,6,9-11H2,1-5H3,(H2,18,21)/b8-7+/t13-/m1/s1. The number of amides is 2. The molecule has 1 heterocycles. The Balaban J connectivity index is 2.72. The molecule has 0 aromatic heterocycles. The van der Waals surface area contributed by atoms with Crippen LogP contribution in [0.5, 0.6) is 0 Å². The summed E-state index contributed by atoms with van der Waals surface area (Å²) in [4.78, 5) is 24.7. The maximum Gasteiger partial charge on any atom is 0.404 e. The molecule has 1 rings (SSSR count). The minimum atomic E-state index is -0.786. The van der Waals surface area contributed by atoms with Crippen molar-refractivity contribution in [1.82, 2.24) is 4.90 Å². The molecule has 1 atom stereocenters. The number of carbonyl (C=O) groups excluding carboxylic acids is 2. The van der Waals surface area contributed by atoms with Crippen LogP contribution in [0.25, 0.3) is 0 Å². The number of hydrogen-bond donors (Lipinski definition) is 1. The molecule has 1 aliphatic rings. The van der Waals surface area contributed by atoms with E-state index in [-0.39, 0.29) is 17.4 Å². The normalized spacial score (nSPS) is 18.6. The van der Waals surface area contributed by atoms with Crippen molar-refractivity contribution >= 4 is 12.0 Å². The van der Waals surface area contributed by atoms with Gasteiger partial charge in [-0.3, -0.25) is 4.79 Å². The minimum Gasteiger partial charge on any atom is -0.444 e. The molecular weight excluding hydrogens is 280 g/mol. The average Bonchev–Trinajstić information content (AvgIpc) is 2.85. The zero-order chi connectivity index (χ0) is 16.9. The zero-order valence-corrected chi connectivity index (χ0v) is 14.3. The van der Waals surface area contributed by atoms with Gasteiger partial charge in [0.25, 0.3) is 0 Å². The molecule has 1 fully saturated rings. The summed E-state index contributed by atoms with van der Waals surface area (Å²) >= 11 is 0. The van der Waals surface area contributed by atoms with Crippen LogP contribution in [0.2, 0.25) is 0 Å².